The van der Waals surface area contributed by atoms with E-state index in [1.165, 1.54) is 0 Å². The van der Waals surface area contributed by atoms with Gasteiger partial charge in [-0.3, -0.25) is 4.79 Å². The van der Waals surface area contributed by atoms with Crippen molar-refractivity contribution >= 4 is 5.91 Å². The van der Waals surface area contributed by atoms with Gasteiger partial charge in [-0.2, -0.15) is 0 Å². The van der Waals surface area contributed by atoms with Crippen LogP contribution >= 0.6 is 0 Å². The third kappa shape index (κ3) is 3.74. The minimum Gasteiger partial charge on any atom is -0.497 e. The van der Waals surface area contributed by atoms with Crippen LogP contribution in [0.2, 0.25) is 0 Å². The van der Waals surface area contributed by atoms with Gasteiger partial charge in [0.1, 0.15) is 17.2 Å². The van der Waals surface area contributed by atoms with E-state index in [1.807, 2.05) is 31.2 Å². The van der Waals surface area contributed by atoms with E-state index < -0.39 is 0 Å². The highest BCUT2D eigenvalue weighted by Gasteiger charge is 2.16. The highest BCUT2D eigenvalue weighted by Crippen LogP contribution is 2.31. The van der Waals surface area contributed by atoms with E-state index >= 15 is 0 Å². The summed E-state index contributed by atoms with van der Waals surface area (Å²) in [6.07, 6.45) is 0. The smallest absolute Gasteiger partial charge is 0.255 e. The van der Waals surface area contributed by atoms with Gasteiger partial charge < -0.3 is 19.5 Å². The Morgan fingerprint density at radius 1 is 0.957 bits per heavy atom. The number of carbonyl (C=O) groups excluding carboxylic acids is 1. The average molecular weight is 315 g/mol. The molecule has 0 aliphatic heterocycles. The van der Waals surface area contributed by atoms with Crippen molar-refractivity contribution in [3.63, 3.8) is 0 Å². The number of amides is 1. The number of nitrogens with one attached hydrogen (secondary N) is 1. The van der Waals surface area contributed by atoms with E-state index in [9.17, 15) is 4.79 Å². The number of ether oxygens (including phenoxy) is 3. The van der Waals surface area contributed by atoms with Crippen LogP contribution in [0.3, 0.4) is 0 Å². The molecule has 0 heterocycles. The lowest BCUT2D eigenvalue weighted by atomic mass is 10.1. The van der Waals surface area contributed by atoms with Crippen molar-refractivity contribution in [2.75, 3.05) is 21.3 Å². The molecule has 0 unspecified atom stereocenters. The van der Waals surface area contributed by atoms with Gasteiger partial charge in [-0.15, -0.1) is 0 Å². The van der Waals surface area contributed by atoms with E-state index in [1.54, 1.807) is 33.5 Å². The van der Waals surface area contributed by atoms with Crippen LogP contribution < -0.4 is 19.5 Å². The Hall–Kier alpha value is -2.69. The van der Waals surface area contributed by atoms with Gasteiger partial charge in [0, 0.05) is 12.1 Å². The maximum atomic E-state index is 12.4. The number of methoxy groups -OCH3 is 3. The van der Waals surface area contributed by atoms with Crippen LogP contribution in [-0.2, 0) is 6.54 Å². The van der Waals surface area contributed by atoms with Crippen LogP contribution in [0.5, 0.6) is 17.2 Å². The van der Waals surface area contributed by atoms with E-state index in [2.05, 4.69) is 5.32 Å². The van der Waals surface area contributed by atoms with Gasteiger partial charge in [0.25, 0.3) is 5.91 Å². The molecule has 2 rings (SSSR count). The zero-order valence-electron chi connectivity index (χ0n) is 13.8. The lowest BCUT2D eigenvalue weighted by molar-refractivity contribution is 0.0947. The molecule has 5 heteroatoms. The van der Waals surface area contributed by atoms with Crippen LogP contribution in [-0.4, -0.2) is 27.2 Å². The Bertz CT molecular complexity index is 680. The fraction of sp³-hybridized carbons (Fsp3) is 0.278. The molecule has 0 radical (unpaired) electrons. The lowest BCUT2D eigenvalue weighted by Crippen LogP contribution is -2.23. The van der Waals surface area contributed by atoms with Crippen LogP contribution in [0.4, 0.5) is 0 Å². The molecule has 1 amide bonds. The van der Waals surface area contributed by atoms with Crippen LogP contribution in [0.1, 0.15) is 21.5 Å². The van der Waals surface area contributed by atoms with Crippen molar-refractivity contribution in [3.8, 4) is 17.2 Å². The highest BCUT2D eigenvalue weighted by molar-refractivity contribution is 5.97. The molecule has 0 aliphatic rings. The summed E-state index contributed by atoms with van der Waals surface area (Å²) in [6, 6.07) is 11.0. The first kappa shape index (κ1) is 16.7. The Balaban J connectivity index is 2.12. The van der Waals surface area contributed by atoms with Crippen molar-refractivity contribution < 1.29 is 19.0 Å². The first-order chi connectivity index (χ1) is 11.1. The topological polar surface area (TPSA) is 56.8 Å². The molecule has 0 saturated heterocycles. The average Bonchev–Trinajstić information content (AvgIpc) is 2.59. The molecule has 122 valence electrons. The molecule has 0 bridgehead atoms. The summed E-state index contributed by atoms with van der Waals surface area (Å²) in [6.45, 7) is 2.29. The number of rotatable bonds is 6. The Morgan fingerprint density at radius 2 is 1.65 bits per heavy atom. The molecule has 0 saturated carbocycles. The summed E-state index contributed by atoms with van der Waals surface area (Å²) in [4.78, 5) is 12.4. The predicted octanol–water partition coefficient (Wildman–Crippen LogP) is 2.95. The predicted molar refractivity (Wildman–Crippen MR) is 88.4 cm³/mol. The van der Waals surface area contributed by atoms with Crippen LogP contribution in [0.15, 0.2) is 36.4 Å². The molecule has 2 aromatic carbocycles. The number of hydrogen-bond donors (Lipinski definition) is 1. The van der Waals surface area contributed by atoms with Crippen molar-refractivity contribution in [2.45, 2.75) is 13.5 Å². The second kappa shape index (κ2) is 7.54. The van der Waals surface area contributed by atoms with Gasteiger partial charge in [-0.25, -0.2) is 0 Å². The third-order valence-corrected chi connectivity index (χ3v) is 3.64. The summed E-state index contributed by atoms with van der Waals surface area (Å²) in [5.41, 5.74) is 2.27. The second-order valence-corrected chi connectivity index (χ2v) is 5.00. The van der Waals surface area contributed by atoms with E-state index in [0.29, 0.717) is 23.6 Å². The molecule has 0 atom stereocenters. The summed E-state index contributed by atoms with van der Waals surface area (Å²) < 4.78 is 15.7. The molecule has 0 fully saturated rings. The number of hydrogen-bond acceptors (Lipinski definition) is 4. The first-order valence-electron chi connectivity index (χ1n) is 7.23. The van der Waals surface area contributed by atoms with Gasteiger partial charge in [0.2, 0.25) is 0 Å². The van der Waals surface area contributed by atoms with Crippen molar-refractivity contribution in [1.29, 1.82) is 0 Å². The van der Waals surface area contributed by atoms with Gasteiger partial charge in [0.15, 0.2) is 0 Å². The van der Waals surface area contributed by atoms with Crippen molar-refractivity contribution in [2.24, 2.45) is 0 Å². The van der Waals surface area contributed by atoms with E-state index in [0.717, 1.165) is 16.9 Å². The molecule has 2 aromatic rings. The van der Waals surface area contributed by atoms with Gasteiger partial charge in [-0.05, 0) is 36.8 Å². The fourth-order valence-electron chi connectivity index (χ4n) is 2.36. The number of carbonyl (C=O) groups is 1. The minimum absolute atomic E-state index is 0.191. The molecule has 23 heavy (non-hydrogen) atoms. The minimum atomic E-state index is -0.191. The van der Waals surface area contributed by atoms with Crippen molar-refractivity contribution in [3.05, 3.63) is 53.1 Å². The molecular formula is C18H21NO4. The summed E-state index contributed by atoms with van der Waals surface area (Å²) in [5, 5.41) is 2.89. The Labute approximate surface area is 136 Å². The zero-order chi connectivity index (χ0) is 16.8. The molecule has 1 N–H and O–H groups in total. The van der Waals surface area contributed by atoms with Crippen LogP contribution in [0.25, 0.3) is 0 Å². The second-order valence-electron chi connectivity index (χ2n) is 5.00. The number of benzene rings is 2. The monoisotopic (exact) mass is 315 g/mol. The molecule has 0 aromatic heterocycles. The normalized spacial score (nSPS) is 10.1. The first-order valence-corrected chi connectivity index (χ1v) is 7.23. The molecule has 0 aliphatic carbocycles. The summed E-state index contributed by atoms with van der Waals surface area (Å²) >= 11 is 0. The van der Waals surface area contributed by atoms with Crippen LogP contribution in [0, 0.1) is 6.92 Å². The largest absolute Gasteiger partial charge is 0.497 e. The standard InChI is InChI=1S/C18H21NO4/c1-12-16(22-3)10-9-15(17(12)23-4)18(20)19-11-13-5-7-14(21-2)8-6-13/h5-10H,11H2,1-4H3,(H,19,20). The maximum absolute atomic E-state index is 12.4. The molecule has 5 nitrogen and oxygen atoms in total. The van der Waals surface area contributed by atoms with Gasteiger partial charge in [0.05, 0.1) is 26.9 Å². The molecular weight excluding hydrogens is 294 g/mol. The quantitative estimate of drug-likeness (QED) is 0.890. The zero-order valence-corrected chi connectivity index (χ0v) is 13.8. The Morgan fingerprint density at radius 3 is 2.22 bits per heavy atom. The summed E-state index contributed by atoms with van der Waals surface area (Å²) in [5.74, 6) is 1.81. The Kier molecular flexibility index (Phi) is 5.46. The van der Waals surface area contributed by atoms with Gasteiger partial charge in [-0.1, -0.05) is 12.1 Å². The van der Waals surface area contributed by atoms with Gasteiger partial charge >= 0.3 is 0 Å². The lowest BCUT2D eigenvalue weighted by Gasteiger charge is -2.14. The van der Waals surface area contributed by atoms with E-state index in [4.69, 9.17) is 14.2 Å². The highest BCUT2D eigenvalue weighted by atomic mass is 16.5. The third-order valence-electron chi connectivity index (χ3n) is 3.64. The van der Waals surface area contributed by atoms with Crippen molar-refractivity contribution in [1.82, 2.24) is 5.32 Å². The SMILES string of the molecule is COc1ccc(CNC(=O)c2ccc(OC)c(C)c2OC)cc1. The fourth-order valence-corrected chi connectivity index (χ4v) is 2.36. The molecule has 0 spiro atoms. The maximum Gasteiger partial charge on any atom is 0.255 e. The summed E-state index contributed by atoms with van der Waals surface area (Å²) in [7, 11) is 4.75. The van der Waals surface area contributed by atoms with E-state index in [-0.39, 0.29) is 5.91 Å².